The first-order valence-corrected chi connectivity index (χ1v) is 7.75. The van der Waals surface area contributed by atoms with Gasteiger partial charge in [0.2, 0.25) is 11.8 Å². The first-order valence-electron chi connectivity index (χ1n) is 6.58. The van der Waals surface area contributed by atoms with E-state index in [1.54, 1.807) is 17.0 Å². The zero-order chi connectivity index (χ0) is 14.7. The van der Waals surface area contributed by atoms with Crippen LogP contribution >= 0.6 is 27.5 Å². The zero-order valence-corrected chi connectivity index (χ0v) is 13.5. The molecule has 1 N–H and O–H groups in total. The van der Waals surface area contributed by atoms with Crippen molar-refractivity contribution >= 4 is 45.0 Å². The van der Waals surface area contributed by atoms with Gasteiger partial charge in [0.1, 0.15) is 6.04 Å². The summed E-state index contributed by atoms with van der Waals surface area (Å²) in [5.41, 5.74) is 0.642. The Morgan fingerprint density at radius 2 is 2.20 bits per heavy atom. The van der Waals surface area contributed by atoms with E-state index in [1.807, 2.05) is 13.0 Å². The van der Waals surface area contributed by atoms with E-state index >= 15 is 0 Å². The van der Waals surface area contributed by atoms with Gasteiger partial charge in [-0.3, -0.25) is 9.59 Å². The average Bonchev–Trinajstić information content (AvgIpc) is 2.54. The molecule has 1 aliphatic heterocycles. The molecule has 1 fully saturated rings. The number of carbonyl (C=O) groups is 2. The number of hydrogen-bond acceptors (Lipinski definition) is 2. The summed E-state index contributed by atoms with van der Waals surface area (Å²) in [6, 6.07) is 4.90. The average molecular weight is 360 g/mol. The van der Waals surface area contributed by atoms with E-state index < -0.39 is 6.04 Å². The van der Waals surface area contributed by atoms with Gasteiger partial charge in [0, 0.05) is 17.4 Å². The van der Waals surface area contributed by atoms with E-state index in [-0.39, 0.29) is 18.2 Å². The van der Waals surface area contributed by atoms with Gasteiger partial charge in [0.15, 0.2) is 0 Å². The summed E-state index contributed by atoms with van der Waals surface area (Å²) in [5, 5.41) is 3.28. The van der Waals surface area contributed by atoms with Crippen molar-refractivity contribution in [3.63, 3.8) is 0 Å². The first-order chi connectivity index (χ1) is 9.52. The van der Waals surface area contributed by atoms with Crippen LogP contribution in [0.5, 0.6) is 0 Å². The molecule has 108 valence electrons. The van der Waals surface area contributed by atoms with Gasteiger partial charge in [-0.2, -0.15) is 0 Å². The van der Waals surface area contributed by atoms with E-state index in [9.17, 15) is 9.59 Å². The Labute approximate surface area is 131 Å². The van der Waals surface area contributed by atoms with Crippen LogP contribution in [0.4, 0.5) is 5.69 Å². The van der Waals surface area contributed by atoms with Crippen LogP contribution in [0.15, 0.2) is 22.7 Å². The summed E-state index contributed by atoms with van der Waals surface area (Å²) in [6.07, 6.45) is 1.75. The molecule has 1 aliphatic rings. The SMILES string of the molecule is CCCC1NC(=O)CCN(c2cc(Br)ccc2Cl)C1=O. The van der Waals surface area contributed by atoms with Crippen LogP contribution in [0.25, 0.3) is 0 Å². The fourth-order valence-corrected chi connectivity index (χ4v) is 2.82. The van der Waals surface area contributed by atoms with Crippen LogP contribution in [0.3, 0.4) is 0 Å². The number of rotatable bonds is 3. The number of nitrogens with zero attached hydrogens (tertiary/aromatic N) is 1. The summed E-state index contributed by atoms with van der Waals surface area (Å²) < 4.78 is 0.847. The molecule has 0 radical (unpaired) electrons. The normalized spacial score (nSPS) is 19.8. The van der Waals surface area contributed by atoms with Gasteiger partial charge in [-0.1, -0.05) is 40.9 Å². The van der Waals surface area contributed by atoms with E-state index in [0.29, 0.717) is 23.7 Å². The number of hydrogen-bond donors (Lipinski definition) is 1. The fourth-order valence-electron chi connectivity index (χ4n) is 2.26. The smallest absolute Gasteiger partial charge is 0.249 e. The van der Waals surface area contributed by atoms with Crippen molar-refractivity contribution < 1.29 is 9.59 Å². The third-order valence-corrected chi connectivity index (χ3v) is 4.05. The molecule has 1 atom stereocenters. The Hall–Kier alpha value is -1.07. The third kappa shape index (κ3) is 3.33. The molecule has 1 saturated heterocycles. The van der Waals surface area contributed by atoms with Gasteiger partial charge in [0.25, 0.3) is 0 Å². The quantitative estimate of drug-likeness (QED) is 0.901. The van der Waals surface area contributed by atoms with Crippen molar-refractivity contribution in [2.24, 2.45) is 0 Å². The highest BCUT2D eigenvalue weighted by molar-refractivity contribution is 9.10. The summed E-state index contributed by atoms with van der Waals surface area (Å²) in [6.45, 7) is 2.34. The Kier molecular flexibility index (Phi) is 5.05. The third-order valence-electron chi connectivity index (χ3n) is 3.24. The van der Waals surface area contributed by atoms with Gasteiger partial charge >= 0.3 is 0 Å². The Morgan fingerprint density at radius 1 is 1.45 bits per heavy atom. The Bertz CT molecular complexity index is 536. The molecule has 1 aromatic carbocycles. The predicted octanol–water partition coefficient (Wildman–Crippen LogP) is 3.12. The number of carbonyl (C=O) groups excluding carboxylic acids is 2. The molecule has 1 aromatic rings. The molecular formula is C14H16BrClN2O2. The van der Waals surface area contributed by atoms with Crippen molar-refractivity contribution in [2.45, 2.75) is 32.2 Å². The maximum atomic E-state index is 12.6. The Morgan fingerprint density at radius 3 is 2.90 bits per heavy atom. The van der Waals surface area contributed by atoms with Crippen molar-refractivity contribution in [3.8, 4) is 0 Å². The van der Waals surface area contributed by atoms with Crippen molar-refractivity contribution in [1.29, 1.82) is 0 Å². The van der Waals surface area contributed by atoms with Crippen molar-refractivity contribution in [1.82, 2.24) is 5.32 Å². The number of nitrogens with one attached hydrogen (secondary N) is 1. The molecule has 0 bridgehead atoms. The maximum Gasteiger partial charge on any atom is 0.249 e. The standard InChI is InChI=1S/C14H16BrClN2O2/c1-2-3-11-14(20)18(7-6-13(19)17-11)12-8-9(15)4-5-10(12)16/h4-5,8,11H,2-3,6-7H2,1H3,(H,17,19). The van der Waals surface area contributed by atoms with Gasteiger partial charge in [0.05, 0.1) is 10.7 Å². The number of benzene rings is 1. The fraction of sp³-hybridized carbons (Fsp3) is 0.429. The lowest BCUT2D eigenvalue weighted by molar-refractivity contribution is -0.125. The molecule has 20 heavy (non-hydrogen) atoms. The molecule has 2 amide bonds. The molecule has 0 aromatic heterocycles. The zero-order valence-electron chi connectivity index (χ0n) is 11.2. The molecule has 4 nitrogen and oxygen atoms in total. The molecule has 2 rings (SSSR count). The van der Waals surface area contributed by atoms with Crippen LogP contribution in [0.2, 0.25) is 5.02 Å². The molecule has 0 spiro atoms. The van der Waals surface area contributed by atoms with Crippen LogP contribution in [0, 0.1) is 0 Å². The number of anilines is 1. The minimum Gasteiger partial charge on any atom is -0.344 e. The molecule has 6 heteroatoms. The Balaban J connectivity index is 2.35. The second-order valence-corrected chi connectivity index (χ2v) is 6.07. The molecule has 0 aliphatic carbocycles. The second-order valence-electron chi connectivity index (χ2n) is 4.74. The highest BCUT2D eigenvalue weighted by atomic mass is 79.9. The maximum absolute atomic E-state index is 12.6. The molecular weight excluding hydrogens is 344 g/mol. The summed E-state index contributed by atoms with van der Waals surface area (Å²) in [7, 11) is 0. The number of halogens is 2. The minimum atomic E-state index is -0.468. The van der Waals surface area contributed by atoms with Crippen LogP contribution in [0.1, 0.15) is 26.2 Å². The van der Waals surface area contributed by atoms with Gasteiger partial charge < -0.3 is 10.2 Å². The minimum absolute atomic E-state index is 0.0922. The summed E-state index contributed by atoms with van der Waals surface area (Å²) in [4.78, 5) is 25.9. The summed E-state index contributed by atoms with van der Waals surface area (Å²) in [5.74, 6) is -0.192. The van der Waals surface area contributed by atoms with Crippen LogP contribution in [-0.4, -0.2) is 24.4 Å². The van der Waals surface area contributed by atoms with E-state index in [4.69, 9.17) is 11.6 Å². The first kappa shape index (κ1) is 15.3. The lowest BCUT2D eigenvalue weighted by Crippen LogP contribution is -2.44. The lowest BCUT2D eigenvalue weighted by Gasteiger charge is -2.25. The number of amides is 2. The van der Waals surface area contributed by atoms with Crippen LogP contribution < -0.4 is 10.2 Å². The van der Waals surface area contributed by atoms with Gasteiger partial charge in [-0.15, -0.1) is 0 Å². The predicted molar refractivity (Wildman–Crippen MR) is 83.0 cm³/mol. The largest absolute Gasteiger partial charge is 0.344 e. The molecule has 1 unspecified atom stereocenters. The molecule has 1 heterocycles. The van der Waals surface area contributed by atoms with Gasteiger partial charge in [-0.25, -0.2) is 0 Å². The van der Waals surface area contributed by atoms with Crippen molar-refractivity contribution in [2.75, 3.05) is 11.4 Å². The van der Waals surface area contributed by atoms with E-state index in [2.05, 4.69) is 21.2 Å². The second kappa shape index (κ2) is 6.59. The van der Waals surface area contributed by atoms with Crippen molar-refractivity contribution in [3.05, 3.63) is 27.7 Å². The lowest BCUT2D eigenvalue weighted by atomic mass is 10.1. The van der Waals surface area contributed by atoms with E-state index in [0.717, 1.165) is 10.9 Å². The summed E-state index contributed by atoms with van der Waals surface area (Å²) >= 11 is 9.57. The monoisotopic (exact) mass is 358 g/mol. The molecule has 0 saturated carbocycles. The highest BCUT2D eigenvalue weighted by Gasteiger charge is 2.30. The topological polar surface area (TPSA) is 49.4 Å². The van der Waals surface area contributed by atoms with E-state index in [1.165, 1.54) is 0 Å². The van der Waals surface area contributed by atoms with Crippen LogP contribution in [-0.2, 0) is 9.59 Å². The highest BCUT2D eigenvalue weighted by Crippen LogP contribution is 2.30. The van der Waals surface area contributed by atoms with Gasteiger partial charge in [-0.05, 0) is 24.6 Å².